The molecule has 0 spiro atoms. The highest BCUT2D eigenvalue weighted by Crippen LogP contribution is 2.20. The normalized spacial score (nSPS) is 18.2. The fourth-order valence-electron chi connectivity index (χ4n) is 2.10. The van der Waals surface area contributed by atoms with Crippen molar-refractivity contribution in [1.82, 2.24) is 4.90 Å². The summed E-state index contributed by atoms with van der Waals surface area (Å²) < 4.78 is 4.72. The lowest BCUT2D eigenvalue weighted by molar-refractivity contribution is -0.148. The van der Waals surface area contributed by atoms with Crippen molar-refractivity contribution >= 4 is 23.6 Å². The van der Waals surface area contributed by atoms with Gasteiger partial charge >= 0.3 is 5.97 Å². The van der Waals surface area contributed by atoms with Crippen LogP contribution in [0.3, 0.4) is 0 Å². The van der Waals surface area contributed by atoms with Crippen LogP contribution in [-0.2, 0) is 14.3 Å². The highest BCUT2D eigenvalue weighted by Gasteiger charge is 2.27. The molecule has 6 heteroatoms. The van der Waals surface area contributed by atoms with Gasteiger partial charge in [-0.3, -0.25) is 9.59 Å². The molecule has 1 rings (SSSR count). The summed E-state index contributed by atoms with van der Waals surface area (Å²) in [6.45, 7) is 3.44. The van der Waals surface area contributed by atoms with Gasteiger partial charge in [0.2, 0.25) is 5.91 Å². The predicted molar refractivity (Wildman–Crippen MR) is 74.9 cm³/mol. The van der Waals surface area contributed by atoms with Crippen molar-refractivity contribution in [3.8, 4) is 0 Å². The predicted octanol–water partition coefficient (Wildman–Crippen LogP) is 0.902. The number of thioether (sulfide) groups is 1. The van der Waals surface area contributed by atoms with Gasteiger partial charge in [-0.15, -0.1) is 11.8 Å². The molecule has 1 aliphatic heterocycles. The quantitative estimate of drug-likeness (QED) is 0.736. The Morgan fingerprint density at radius 3 is 2.58 bits per heavy atom. The molecule has 0 aromatic carbocycles. The highest BCUT2D eigenvalue weighted by atomic mass is 32.2. The Hall–Kier alpha value is -0.750. The van der Waals surface area contributed by atoms with Crippen LogP contribution in [0, 0.1) is 5.92 Å². The second-order valence-electron chi connectivity index (χ2n) is 4.81. The zero-order chi connectivity index (χ0) is 14.3. The molecule has 0 saturated carbocycles. The topological polar surface area (TPSA) is 66.8 Å². The third-order valence-electron chi connectivity index (χ3n) is 3.41. The summed E-state index contributed by atoms with van der Waals surface area (Å²) in [4.78, 5) is 25.2. The molecule has 0 aromatic heterocycles. The lowest BCUT2D eigenvalue weighted by Crippen LogP contribution is -2.41. The smallest absolute Gasteiger partial charge is 0.308 e. The number of ether oxygens (including phenoxy) is 1. The first-order chi connectivity index (χ1) is 9.08. The van der Waals surface area contributed by atoms with Crippen LogP contribution in [0.5, 0.6) is 0 Å². The summed E-state index contributed by atoms with van der Waals surface area (Å²) in [6, 6.07) is 0. The Morgan fingerprint density at radius 2 is 2.05 bits per heavy atom. The van der Waals surface area contributed by atoms with E-state index in [0.29, 0.717) is 43.4 Å². The van der Waals surface area contributed by atoms with Crippen LogP contribution in [0.2, 0.25) is 0 Å². The summed E-state index contributed by atoms with van der Waals surface area (Å²) in [7, 11) is 1.40. The lowest BCUT2D eigenvalue weighted by Gasteiger charge is -2.30. The van der Waals surface area contributed by atoms with Crippen LogP contribution in [-0.4, -0.2) is 59.7 Å². The second-order valence-corrected chi connectivity index (χ2v) is 6.24. The third-order valence-corrected chi connectivity index (χ3v) is 4.63. The average Bonchev–Trinajstić information content (AvgIpc) is 2.44. The van der Waals surface area contributed by atoms with Crippen LogP contribution < -0.4 is 0 Å². The molecular formula is C13H23NO4S. The molecular weight excluding hydrogens is 266 g/mol. The Morgan fingerprint density at radius 1 is 1.42 bits per heavy atom. The Kier molecular flexibility index (Phi) is 7.23. The maximum atomic E-state index is 12.0. The van der Waals surface area contributed by atoms with Crippen molar-refractivity contribution in [3.63, 3.8) is 0 Å². The number of carbonyl (C=O) groups excluding carboxylic acids is 2. The summed E-state index contributed by atoms with van der Waals surface area (Å²) in [5, 5.41) is 9.10. The number of aliphatic hydroxyl groups excluding tert-OH is 1. The van der Waals surface area contributed by atoms with E-state index >= 15 is 0 Å². The Labute approximate surface area is 118 Å². The molecule has 5 nitrogen and oxygen atoms in total. The van der Waals surface area contributed by atoms with Crippen LogP contribution in [0.15, 0.2) is 0 Å². The number of esters is 1. The molecule has 1 aliphatic rings. The molecule has 0 bridgehead atoms. The molecule has 0 radical (unpaired) electrons. The molecule has 0 aliphatic carbocycles. The standard InChI is InChI=1S/C13H23NO4S/c1-10(5-8-15)19-9-12(16)14-6-3-11(4-7-14)13(17)18-2/h10-11,15H,3-9H2,1-2H3. The van der Waals surface area contributed by atoms with Gasteiger partial charge in [0.25, 0.3) is 0 Å². The average molecular weight is 289 g/mol. The van der Waals surface area contributed by atoms with Crippen molar-refractivity contribution < 1.29 is 19.4 Å². The summed E-state index contributed by atoms with van der Waals surface area (Å²) in [5.41, 5.74) is 0. The van der Waals surface area contributed by atoms with Crippen LogP contribution in [0.25, 0.3) is 0 Å². The van der Waals surface area contributed by atoms with E-state index in [1.807, 2.05) is 11.8 Å². The summed E-state index contributed by atoms with van der Waals surface area (Å²) >= 11 is 1.57. The molecule has 1 heterocycles. The molecule has 1 atom stereocenters. The van der Waals surface area contributed by atoms with Gasteiger partial charge in [-0.05, 0) is 19.3 Å². The first kappa shape index (κ1) is 16.3. The number of aliphatic hydroxyl groups is 1. The van der Waals surface area contributed by atoms with Crippen molar-refractivity contribution in [1.29, 1.82) is 0 Å². The largest absolute Gasteiger partial charge is 0.469 e. The van der Waals surface area contributed by atoms with Crippen molar-refractivity contribution in [2.24, 2.45) is 5.92 Å². The van der Waals surface area contributed by atoms with Crippen molar-refractivity contribution in [2.75, 3.05) is 32.6 Å². The fourth-order valence-corrected chi connectivity index (χ4v) is 2.98. The van der Waals surface area contributed by atoms with E-state index in [1.54, 1.807) is 11.8 Å². The van der Waals surface area contributed by atoms with Gasteiger partial charge in [0.15, 0.2) is 0 Å². The number of likely N-dealkylation sites (tertiary alicyclic amines) is 1. The van der Waals surface area contributed by atoms with Crippen LogP contribution >= 0.6 is 11.8 Å². The molecule has 1 unspecified atom stereocenters. The number of rotatable bonds is 6. The minimum Gasteiger partial charge on any atom is -0.469 e. The van der Waals surface area contributed by atoms with E-state index in [2.05, 4.69) is 0 Å². The Balaban J connectivity index is 2.27. The number of hydrogen-bond acceptors (Lipinski definition) is 5. The number of methoxy groups -OCH3 is 1. The summed E-state index contributed by atoms with van der Waals surface area (Å²) in [5.74, 6) is 0.343. The molecule has 1 N–H and O–H groups in total. The SMILES string of the molecule is COC(=O)C1CCN(C(=O)CSC(C)CCO)CC1. The van der Waals surface area contributed by atoms with E-state index < -0.39 is 0 Å². The zero-order valence-electron chi connectivity index (χ0n) is 11.6. The monoisotopic (exact) mass is 289 g/mol. The van der Waals surface area contributed by atoms with Gasteiger partial charge in [-0.2, -0.15) is 0 Å². The second kappa shape index (κ2) is 8.43. The fraction of sp³-hybridized carbons (Fsp3) is 0.846. The van der Waals surface area contributed by atoms with Crippen molar-refractivity contribution in [3.05, 3.63) is 0 Å². The number of nitrogens with zero attached hydrogens (tertiary/aromatic N) is 1. The molecule has 0 aromatic rings. The van der Waals surface area contributed by atoms with Gasteiger partial charge < -0.3 is 14.7 Å². The number of hydrogen-bond donors (Lipinski definition) is 1. The maximum absolute atomic E-state index is 12.0. The van der Waals surface area contributed by atoms with E-state index in [0.717, 1.165) is 0 Å². The summed E-state index contributed by atoms with van der Waals surface area (Å²) in [6.07, 6.45) is 2.09. The molecule has 1 saturated heterocycles. The Bertz CT molecular complexity index is 303. The van der Waals surface area contributed by atoms with E-state index in [4.69, 9.17) is 9.84 Å². The van der Waals surface area contributed by atoms with Gasteiger partial charge in [-0.1, -0.05) is 6.92 Å². The number of amides is 1. The number of piperidine rings is 1. The maximum Gasteiger partial charge on any atom is 0.308 e. The van der Waals surface area contributed by atoms with Gasteiger partial charge in [0.1, 0.15) is 0 Å². The van der Waals surface area contributed by atoms with Crippen LogP contribution in [0.1, 0.15) is 26.2 Å². The third kappa shape index (κ3) is 5.40. The lowest BCUT2D eigenvalue weighted by atomic mass is 9.97. The van der Waals surface area contributed by atoms with Gasteiger partial charge in [-0.25, -0.2) is 0 Å². The molecule has 19 heavy (non-hydrogen) atoms. The highest BCUT2D eigenvalue weighted by molar-refractivity contribution is 8.00. The first-order valence-electron chi connectivity index (χ1n) is 6.66. The first-order valence-corrected chi connectivity index (χ1v) is 7.71. The van der Waals surface area contributed by atoms with E-state index in [9.17, 15) is 9.59 Å². The van der Waals surface area contributed by atoms with E-state index in [1.165, 1.54) is 7.11 Å². The van der Waals surface area contributed by atoms with Gasteiger partial charge in [0, 0.05) is 24.9 Å². The zero-order valence-corrected chi connectivity index (χ0v) is 12.4. The van der Waals surface area contributed by atoms with Crippen molar-refractivity contribution in [2.45, 2.75) is 31.4 Å². The van der Waals surface area contributed by atoms with Crippen LogP contribution in [0.4, 0.5) is 0 Å². The van der Waals surface area contributed by atoms with Gasteiger partial charge in [0.05, 0.1) is 18.8 Å². The molecule has 1 amide bonds. The molecule has 110 valence electrons. The minimum atomic E-state index is -0.168. The number of carbonyl (C=O) groups is 2. The minimum absolute atomic E-state index is 0.0602. The van der Waals surface area contributed by atoms with E-state index in [-0.39, 0.29) is 24.4 Å². The molecule has 1 fully saturated rings.